The lowest BCUT2D eigenvalue weighted by Crippen LogP contribution is -2.22. The number of carbonyl (C=O) groups excluding carboxylic acids is 2. The maximum Gasteiger partial charge on any atom is 0.306 e. The SMILES string of the molecule is CCOC(=O)C[C@@H]1CCCCC1=O. The summed E-state index contributed by atoms with van der Waals surface area (Å²) in [5, 5.41) is 0. The molecule has 0 aromatic heterocycles. The van der Waals surface area contributed by atoms with Crippen LogP contribution in [-0.2, 0) is 14.3 Å². The molecule has 3 nitrogen and oxygen atoms in total. The predicted octanol–water partition coefficient (Wildman–Crippen LogP) is 1.70. The largest absolute Gasteiger partial charge is 0.466 e. The van der Waals surface area contributed by atoms with Crippen LogP contribution < -0.4 is 0 Å². The van der Waals surface area contributed by atoms with E-state index in [2.05, 4.69) is 0 Å². The van der Waals surface area contributed by atoms with Gasteiger partial charge in [0.05, 0.1) is 13.0 Å². The number of hydrogen-bond acceptors (Lipinski definition) is 3. The molecule has 74 valence electrons. The highest BCUT2D eigenvalue weighted by molar-refractivity contribution is 5.85. The number of ether oxygens (including phenoxy) is 1. The van der Waals surface area contributed by atoms with Crippen molar-refractivity contribution in [2.75, 3.05) is 6.61 Å². The third-order valence-electron chi connectivity index (χ3n) is 2.40. The number of rotatable bonds is 3. The molecule has 3 heteroatoms. The normalized spacial score (nSPS) is 22.8. The van der Waals surface area contributed by atoms with E-state index in [1.165, 1.54) is 0 Å². The molecule has 1 aliphatic carbocycles. The van der Waals surface area contributed by atoms with Crippen LogP contribution in [0.25, 0.3) is 0 Å². The average molecular weight is 184 g/mol. The third-order valence-corrected chi connectivity index (χ3v) is 2.40. The van der Waals surface area contributed by atoms with Gasteiger partial charge in [0.1, 0.15) is 5.78 Å². The molecule has 0 bridgehead atoms. The summed E-state index contributed by atoms with van der Waals surface area (Å²) in [7, 11) is 0. The minimum atomic E-state index is -0.234. The first kappa shape index (κ1) is 10.2. The Hall–Kier alpha value is -0.860. The van der Waals surface area contributed by atoms with E-state index >= 15 is 0 Å². The summed E-state index contributed by atoms with van der Waals surface area (Å²) in [6.07, 6.45) is 3.84. The highest BCUT2D eigenvalue weighted by atomic mass is 16.5. The summed E-state index contributed by atoms with van der Waals surface area (Å²) < 4.78 is 4.80. The maximum absolute atomic E-state index is 11.3. The monoisotopic (exact) mass is 184 g/mol. The zero-order valence-electron chi connectivity index (χ0n) is 8.04. The minimum Gasteiger partial charge on any atom is -0.466 e. The van der Waals surface area contributed by atoms with Crippen molar-refractivity contribution < 1.29 is 14.3 Å². The molecule has 1 aliphatic rings. The lowest BCUT2D eigenvalue weighted by Gasteiger charge is -2.19. The molecule has 1 rings (SSSR count). The maximum atomic E-state index is 11.3. The molecule has 0 amide bonds. The molecule has 0 spiro atoms. The molecule has 1 fully saturated rings. The number of esters is 1. The smallest absolute Gasteiger partial charge is 0.306 e. The van der Waals surface area contributed by atoms with E-state index in [0.717, 1.165) is 19.3 Å². The molecular weight excluding hydrogens is 168 g/mol. The van der Waals surface area contributed by atoms with E-state index < -0.39 is 0 Å². The summed E-state index contributed by atoms with van der Waals surface area (Å²) in [6, 6.07) is 0. The van der Waals surface area contributed by atoms with Gasteiger partial charge in [-0.25, -0.2) is 0 Å². The Bertz CT molecular complexity index is 198. The van der Waals surface area contributed by atoms with Gasteiger partial charge in [-0.05, 0) is 19.8 Å². The minimum absolute atomic E-state index is 0.0622. The molecule has 0 saturated heterocycles. The first-order chi connectivity index (χ1) is 6.24. The molecule has 13 heavy (non-hydrogen) atoms. The van der Waals surface area contributed by atoms with Crippen molar-refractivity contribution in [1.82, 2.24) is 0 Å². The van der Waals surface area contributed by atoms with Crippen LogP contribution in [-0.4, -0.2) is 18.4 Å². The highest BCUT2D eigenvalue weighted by Crippen LogP contribution is 2.23. The molecule has 0 radical (unpaired) electrons. The topological polar surface area (TPSA) is 43.4 Å². The Morgan fingerprint density at radius 3 is 2.92 bits per heavy atom. The van der Waals surface area contributed by atoms with Crippen LogP contribution in [0.1, 0.15) is 39.0 Å². The van der Waals surface area contributed by atoms with Crippen LogP contribution in [0.15, 0.2) is 0 Å². The fraction of sp³-hybridized carbons (Fsp3) is 0.800. The van der Waals surface area contributed by atoms with Gasteiger partial charge in [0.15, 0.2) is 0 Å². The van der Waals surface area contributed by atoms with E-state index in [-0.39, 0.29) is 24.1 Å². The van der Waals surface area contributed by atoms with Crippen molar-refractivity contribution >= 4 is 11.8 Å². The van der Waals surface area contributed by atoms with Crippen molar-refractivity contribution in [3.05, 3.63) is 0 Å². The van der Waals surface area contributed by atoms with E-state index in [0.29, 0.717) is 13.0 Å². The summed E-state index contributed by atoms with van der Waals surface area (Å²) >= 11 is 0. The molecule has 0 aromatic rings. The molecule has 1 atom stereocenters. The van der Waals surface area contributed by atoms with Crippen molar-refractivity contribution in [3.8, 4) is 0 Å². The van der Waals surface area contributed by atoms with Gasteiger partial charge in [0.25, 0.3) is 0 Å². The van der Waals surface area contributed by atoms with E-state index in [4.69, 9.17) is 4.74 Å². The summed E-state index contributed by atoms with van der Waals surface area (Å²) in [4.78, 5) is 22.4. The molecular formula is C10H16O3. The second-order valence-electron chi connectivity index (χ2n) is 3.42. The van der Waals surface area contributed by atoms with E-state index in [1.807, 2.05) is 0 Å². The van der Waals surface area contributed by atoms with Crippen molar-refractivity contribution in [2.24, 2.45) is 5.92 Å². The Kier molecular flexibility index (Phi) is 3.93. The lowest BCUT2D eigenvalue weighted by atomic mass is 9.86. The Morgan fingerprint density at radius 1 is 1.54 bits per heavy atom. The van der Waals surface area contributed by atoms with Gasteiger partial charge in [-0.2, -0.15) is 0 Å². The van der Waals surface area contributed by atoms with Crippen LogP contribution in [0.4, 0.5) is 0 Å². The molecule has 1 saturated carbocycles. The molecule has 0 aliphatic heterocycles. The van der Waals surface area contributed by atoms with Crippen molar-refractivity contribution in [2.45, 2.75) is 39.0 Å². The van der Waals surface area contributed by atoms with Gasteiger partial charge in [-0.3, -0.25) is 9.59 Å². The van der Waals surface area contributed by atoms with Gasteiger partial charge in [0, 0.05) is 12.3 Å². The number of hydrogen-bond donors (Lipinski definition) is 0. The summed E-state index contributed by atoms with van der Waals surface area (Å²) in [5.74, 6) is -0.0603. The zero-order valence-corrected chi connectivity index (χ0v) is 8.04. The number of carbonyl (C=O) groups is 2. The van der Waals surface area contributed by atoms with Crippen LogP contribution in [0.5, 0.6) is 0 Å². The quantitative estimate of drug-likeness (QED) is 0.627. The molecule has 0 unspecified atom stereocenters. The summed E-state index contributed by atoms with van der Waals surface area (Å²) in [6.45, 7) is 2.18. The third kappa shape index (κ3) is 3.17. The first-order valence-corrected chi connectivity index (χ1v) is 4.92. The van der Waals surface area contributed by atoms with E-state index in [1.54, 1.807) is 6.92 Å². The van der Waals surface area contributed by atoms with Crippen LogP contribution in [0.3, 0.4) is 0 Å². The van der Waals surface area contributed by atoms with Gasteiger partial charge >= 0.3 is 5.97 Å². The summed E-state index contributed by atoms with van der Waals surface area (Å²) in [5.41, 5.74) is 0. The molecule has 0 heterocycles. The molecule has 0 N–H and O–H groups in total. The van der Waals surface area contributed by atoms with Gasteiger partial charge < -0.3 is 4.74 Å². The Labute approximate surface area is 78.5 Å². The zero-order chi connectivity index (χ0) is 9.68. The van der Waals surface area contributed by atoms with Crippen molar-refractivity contribution in [1.29, 1.82) is 0 Å². The fourth-order valence-electron chi connectivity index (χ4n) is 1.69. The standard InChI is InChI=1S/C10H16O3/c1-2-13-10(12)7-8-5-3-4-6-9(8)11/h8H,2-7H2,1H3/t8-/m0/s1. The number of ketones is 1. The highest BCUT2D eigenvalue weighted by Gasteiger charge is 2.24. The second kappa shape index (κ2) is 5.00. The van der Waals surface area contributed by atoms with E-state index in [9.17, 15) is 9.59 Å². The average Bonchev–Trinajstić information content (AvgIpc) is 2.09. The number of Topliss-reactive ketones (excluding diaryl/α,β-unsaturated/α-hetero) is 1. The first-order valence-electron chi connectivity index (χ1n) is 4.92. The predicted molar refractivity (Wildman–Crippen MR) is 48.2 cm³/mol. The van der Waals surface area contributed by atoms with Crippen LogP contribution in [0.2, 0.25) is 0 Å². The van der Waals surface area contributed by atoms with Gasteiger partial charge in [0.2, 0.25) is 0 Å². The van der Waals surface area contributed by atoms with Gasteiger partial charge in [-0.1, -0.05) is 6.42 Å². The lowest BCUT2D eigenvalue weighted by molar-refractivity contribution is -0.146. The van der Waals surface area contributed by atoms with Gasteiger partial charge in [-0.15, -0.1) is 0 Å². The van der Waals surface area contributed by atoms with Crippen LogP contribution >= 0.6 is 0 Å². The van der Waals surface area contributed by atoms with Crippen LogP contribution in [0, 0.1) is 5.92 Å². The second-order valence-corrected chi connectivity index (χ2v) is 3.42. The molecule has 0 aromatic carbocycles. The Balaban J connectivity index is 2.33. The van der Waals surface area contributed by atoms with Crippen molar-refractivity contribution in [3.63, 3.8) is 0 Å². The fourth-order valence-corrected chi connectivity index (χ4v) is 1.69. The Morgan fingerprint density at radius 2 is 2.31 bits per heavy atom.